The Morgan fingerprint density at radius 2 is 1.94 bits per heavy atom. The molecule has 1 saturated carbocycles. The molecule has 0 aromatic carbocycles. The Labute approximate surface area is 108 Å². The first kappa shape index (κ1) is 14.8. The minimum atomic E-state index is -0.568. The Morgan fingerprint density at radius 1 is 1.28 bits per heavy atom. The second kappa shape index (κ2) is 7.92. The van der Waals surface area contributed by atoms with Crippen molar-refractivity contribution in [3.63, 3.8) is 0 Å². The minimum absolute atomic E-state index is 0.0633. The third kappa shape index (κ3) is 5.86. The normalized spacial score (nSPS) is 18.1. The van der Waals surface area contributed by atoms with Crippen LogP contribution in [0.4, 0.5) is 0 Å². The number of rotatable bonds is 6. The lowest BCUT2D eigenvalue weighted by molar-refractivity contribution is -0.152. The lowest BCUT2D eigenvalue weighted by atomic mass is 9.98. The summed E-state index contributed by atoms with van der Waals surface area (Å²) in [6.45, 7) is 0.493. The molecule has 1 fully saturated rings. The average molecular weight is 256 g/mol. The molecule has 0 bridgehead atoms. The third-order valence-electron chi connectivity index (χ3n) is 3.11. The van der Waals surface area contributed by atoms with Crippen LogP contribution < -0.4 is 17.2 Å². The molecule has 0 aromatic heterocycles. The highest BCUT2D eigenvalue weighted by Crippen LogP contribution is 2.20. The van der Waals surface area contributed by atoms with E-state index in [1.165, 1.54) is 6.42 Å². The van der Waals surface area contributed by atoms with Gasteiger partial charge in [-0.25, -0.2) is 0 Å². The number of hydrogen-bond donors (Lipinski definition) is 3. The number of hydrogen-bond acceptors (Lipinski definition) is 4. The number of aliphatic imine (C=N–C) groups is 1. The van der Waals surface area contributed by atoms with E-state index in [1.54, 1.807) is 0 Å². The van der Waals surface area contributed by atoms with E-state index < -0.39 is 6.04 Å². The second-order valence-corrected chi connectivity index (χ2v) is 4.75. The molecule has 0 saturated heterocycles. The number of guanidine groups is 1. The summed E-state index contributed by atoms with van der Waals surface area (Å²) in [5, 5.41) is 0. The Bertz CT molecular complexity index is 284. The van der Waals surface area contributed by atoms with Gasteiger partial charge in [0.2, 0.25) is 0 Å². The smallest absolute Gasteiger partial charge is 0.323 e. The molecule has 0 aliphatic heterocycles. The fourth-order valence-electron chi connectivity index (χ4n) is 2.07. The van der Waals surface area contributed by atoms with Gasteiger partial charge in [0.15, 0.2) is 5.96 Å². The van der Waals surface area contributed by atoms with Crippen molar-refractivity contribution in [2.75, 3.05) is 6.54 Å². The van der Waals surface area contributed by atoms with E-state index in [0.29, 0.717) is 19.4 Å². The standard InChI is InChI=1S/C12H24N4O2/c13-10(7-4-8-16-12(14)15)11(17)18-9-5-2-1-3-6-9/h9-10H,1-8,13H2,(H4,14,15,16)/t10-/m0/s1. The van der Waals surface area contributed by atoms with Crippen LogP contribution in [0.2, 0.25) is 0 Å². The fraction of sp³-hybridized carbons (Fsp3) is 0.833. The average Bonchev–Trinajstić information content (AvgIpc) is 2.35. The van der Waals surface area contributed by atoms with Crippen molar-refractivity contribution in [3.8, 4) is 0 Å². The topological polar surface area (TPSA) is 117 Å². The first-order chi connectivity index (χ1) is 8.59. The van der Waals surface area contributed by atoms with Crippen molar-refractivity contribution in [1.82, 2.24) is 0 Å². The monoisotopic (exact) mass is 256 g/mol. The van der Waals surface area contributed by atoms with E-state index in [2.05, 4.69) is 4.99 Å². The Kier molecular flexibility index (Phi) is 6.49. The highest BCUT2D eigenvalue weighted by Gasteiger charge is 2.21. The van der Waals surface area contributed by atoms with Gasteiger partial charge < -0.3 is 21.9 Å². The van der Waals surface area contributed by atoms with Crippen molar-refractivity contribution in [2.45, 2.75) is 57.1 Å². The van der Waals surface area contributed by atoms with Gasteiger partial charge in [0.1, 0.15) is 12.1 Å². The zero-order valence-corrected chi connectivity index (χ0v) is 10.8. The van der Waals surface area contributed by atoms with Gasteiger partial charge in [0.05, 0.1) is 0 Å². The Morgan fingerprint density at radius 3 is 2.56 bits per heavy atom. The van der Waals surface area contributed by atoms with Crippen LogP contribution in [-0.2, 0) is 9.53 Å². The molecule has 6 nitrogen and oxygen atoms in total. The Balaban J connectivity index is 2.17. The predicted molar refractivity (Wildman–Crippen MR) is 70.9 cm³/mol. The summed E-state index contributed by atoms with van der Waals surface area (Å²) in [5.74, 6) is -0.236. The van der Waals surface area contributed by atoms with Crippen molar-refractivity contribution < 1.29 is 9.53 Å². The van der Waals surface area contributed by atoms with Crippen LogP contribution in [0.3, 0.4) is 0 Å². The molecule has 104 valence electrons. The van der Waals surface area contributed by atoms with Crippen molar-refractivity contribution in [2.24, 2.45) is 22.2 Å². The number of carbonyl (C=O) groups excluding carboxylic acids is 1. The molecule has 0 amide bonds. The SMILES string of the molecule is NC(N)=NCCC[C@H](N)C(=O)OC1CCCCC1. The van der Waals surface area contributed by atoms with Crippen LogP contribution in [0.25, 0.3) is 0 Å². The van der Waals surface area contributed by atoms with Gasteiger partial charge in [-0.3, -0.25) is 9.79 Å². The Hall–Kier alpha value is -1.30. The van der Waals surface area contributed by atoms with Gasteiger partial charge in [-0.2, -0.15) is 0 Å². The predicted octanol–water partition coefficient (Wildman–Crippen LogP) is 0.243. The maximum absolute atomic E-state index is 11.7. The molecule has 0 radical (unpaired) electrons. The molecule has 6 N–H and O–H groups in total. The second-order valence-electron chi connectivity index (χ2n) is 4.75. The summed E-state index contributed by atoms with van der Waals surface area (Å²) in [6, 6.07) is -0.568. The van der Waals surface area contributed by atoms with Gasteiger partial charge >= 0.3 is 5.97 Å². The number of nitrogens with two attached hydrogens (primary N) is 3. The van der Waals surface area contributed by atoms with Gasteiger partial charge in [0.25, 0.3) is 0 Å². The minimum Gasteiger partial charge on any atom is -0.461 e. The summed E-state index contributed by atoms with van der Waals surface area (Å²) in [5.41, 5.74) is 16.2. The van der Waals surface area contributed by atoms with Crippen molar-refractivity contribution in [3.05, 3.63) is 0 Å². The summed E-state index contributed by atoms with van der Waals surface area (Å²) in [6.07, 6.45) is 6.73. The van der Waals surface area contributed by atoms with Crippen LogP contribution in [0.5, 0.6) is 0 Å². The summed E-state index contributed by atoms with van der Waals surface area (Å²) < 4.78 is 5.38. The van der Waals surface area contributed by atoms with Crippen molar-refractivity contribution in [1.29, 1.82) is 0 Å². The highest BCUT2D eigenvalue weighted by molar-refractivity contribution is 5.76. The number of nitrogens with zero attached hydrogens (tertiary/aromatic N) is 1. The molecule has 0 unspecified atom stereocenters. The van der Waals surface area contributed by atoms with Crippen LogP contribution in [-0.4, -0.2) is 30.6 Å². The molecule has 6 heteroatoms. The molecule has 1 aliphatic carbocycles. The van der Waals surface area contributed by atoms with E-state index in [9.17, 15) is 4.79 Å². The zero-order valence-electron chi connectivity index (χ0n) is 10.8. The highest BCUT2D eigenvalue weighted by atomic mass is 16.5. The third-order valence-corrected chi connectivity index (χ3v) is 3.11. The van der Waals surface area contributed by atoms with Crippen LogP contribution >= 0.6 is 0 Å². The first-order valence-electron chi connectivity index (χ1n) is 6.61. The molecule has 18 heavy (non-hydrogen) atoms. The van der Waals surface area contributed by atoms with Crippen LogP contribution in [0.15, 0.2) is 4.99 Å². The molecule has 1 atom stereocenters. The molecule has 1 rings (SSSR count). The number of ether oxygens (including phenoxy) is 1. The van der Waals surface area contributed by atoms with Gasteiger partial charge in [0, 0.05) is 6.54 Å². The van der Waals surface area contributed by atoms with Gasteiger partial charge in [-0.15, -0.1) is 0 Å². The largest absolute Gasteiger partial charge is 0.461 e. The van der Waals surface area contributed by atoms with Gasteiger partial charge in [-0.05, 0) is 38.5 Å². The maximum atomic E-state index is 11.7. The quantitative estimate of drug-likeness (QED) is 0.272. The molecule has 0 spiro atoms. The van der Waals surface area contributed by atoms with Crippen LogP contribution in [0, 0.1) is 0 Å². The van der Waals surface area contributed by atoms with Gasteiger partial charge in [-0.1, -0.05) is 6.42 Å². The first-order valence-corrected chi connectivity index (χ1v) is 6.61. The summed E-state index contributed by atoms with van der Waals surface area (Å²) in [4.78, 5) is 15.5. The van der Waals surface area contributed by atoms with E-state index in [0.717, 1.165) is 25.7 Å². The van der Waals surface area contributed by atoms with E-state index in [4.69, 9.17) is 21.9 Å². The molecular weight excluding hydrogens is 232 g/mol. The van der Waals surface area contributed by atoms with Crippen LogP contribution in [0.1, 0.15) is 44.9 Å². The van der Waals surface area contributed by atoms with E-state index >= 15 is 0 Å². The maximum Gasteiger partial charge on any atom is 0.323 e. The number of carbonyl (C=O) groups is 1. The summed E-state index contributed by atoms with van der Waals surface area (Å²) >= 11 is 0. The lowest BCUT2D eigenvalue weighted by Gasteiger charge is -2.23. The fourth-order valence-corrected chi connectivity index (χ4v) is 2.07. The molecule has 0 heterocycles. The van der Waals surface area contributed by atoms with E-state index in [1.807, 2.05) is 0 Å². The summed E-state index contributed by atoms with van der Waals surface area (Å²) in [7, 11) is 0. The number of esters is 1. The van der Waals surface area contributed by atoms with Crippen molar-refractivity contribution >= 4 is 11.9 Å². The zero-order chi connectivity index (χ0) is 13.4. The lowest BCUT2D eigenvalue weighted by Crippen LogP contribution is -2.35. The molecule has 1 aliphatic rings. The molecular formula is C12H24N4O2. The molecule has 0 aromatic rings. The van der Waals surface area contributed by atoms with E-state index in [-0.39, 0.29) is 18.0 Å².